The molecule has 100 valence electrons. The number of nitrogens with one attached hydrogen (secondary N) is 1. The zero-order chi connectivity index (χ0) is 13.4. The molecule has 0 aliphatic rings. The molecule has 0 saturated carbocycles. The predicted octanol–water partition coefficient (Wildman–Crippen LogP) is 2.34. The fourth-order valence-corrected chi connectivity index (χ4v) is 1.56. The van der Waals surface area contributed by atoms with Gasteiger partial charge in [-0.3, -0.25) is 0 Å². The summed E-state index contributed by atoms with van der Waals surface area (Å²) < 4.78 is 19.0. The molecule has 0 fully saturated rings. The van der Waals surface area contributed by atoms with Crippen molar-refractivity contribution in [2.45, 2.75) is 26.7 Å². The Kier molecular flexibility index (Phi) is 6.36. The van der Waals surface area contributed by atoms with Gasteiger partial charge in [-0.25, -0.2) is 4.39 Å². The molecule has 0 amide bonds. The summed E-state index contributed by atoms with van der Waals surface area (Å²) in [5.41, 5.74) is 0.533. The minimum Gasteiger partial charge on any atom is -0.492 e. The second-order valence-corrected chi connectivity index (χ2v) is 4.16. The van der Waals surface area contributed by atoms with E-state index in [0.717, 1.165) is 13.1 Å². The molecule has 0 aromatic heterocycles. The lowest BCUT2D eigenvalue weighted by molar-refractivity contribution is -0.116. The van der Waals surface area contributed by atoms with Crippen molar-refractivity contribution in [1.29, 1.82) is 0 Å². The number of ketones is 1. The van der Waals surface area contributed by atoms with Crippen LogP contribution in [0.4, 0.5) is 4.39 Å². The Morgan fingerprint density at radius 2 is 2.22 bits per heavy atom. The molecule has 18 heavy (non-hydrogen) atoms. The van der Waals surface area contributed by atoms with E-state index in [0.29, 0.717) is 30.8 Å². The Balaban J connectivity index is 2.54. The first-order valence-electron chi connectivity index (χ1n) is 6.25. The van der Waals surface area contributed by atoms with Crippen LogP contribution in [0, 0.1) is 5.82 Å². The summed E-state index contributed by atoms with van der Waals surface area (Å²) in [7, 11) is 0. The zero-order valence-corrected chi connectivity index (χ0v) is 11.0. The predicted molar refractivity (Wildman–Crippen MR) is 69.4 cm³/mol. The monoisotopic (exact) mass is 253 g/mol. The number of carbonyl (C=O) groups excluding carboxylic acids is 1. The highest BCUT2D eigenvalue weighted by Gasteiger charge is 2.05. The molecule has 4 heteroatoms. The highest BCUT2D eigenvalue weighted by atomic mass is 19.1. The van der Waals surface area contributed by atoms with Crippen molar-refractivity contribution in [3.63, 3.8) is 0 Å². The van der Waals surface area contributed by atoms with Gasteiger partial charge in [-0.05, 0) is 43.7 Å². The van der Waals surface area contributed by atoms with Crippen LogP contribution in [0.3, 0.4) is 0 Å². The lowest BCUT2D eigenvalue weighted by atomic mass is 10.1. The third-order valence-corrected chi connectivity index (χ3v) is 2.56. The number of Topliss-reactive ketones (excluding diaryl/α,β-unsaturated/α-hetero) is 1. The van der Waals surface area contributed by atoms with Crippen LogP contribution in [-0.2, 0) is 11.2 Å². The maximum Gasteiger partial charge on any atom is 0.130 e. The zero-order valence-electron chi connectivity index (χ0n) is 11.0. The van der Waals surface area contributed by atoms with Crippen molar-refractivity contribution >= 4 is 5.78 Å². The molecule has 1 N–H and O–H groups in total. The highest BCUT2D eigenvalue weighted by Crippen LogP contribution is 2.18. The molecule has 0 spiro atoms. The summed E-state index contributed by atoms with van der Waals surface area (Å²) in [5.74, 6) is 0.427. The van der Waals surface area contributed by atoms with Crippen LogP contribution in [0.25, 0.3) is 0 Å². The molecular weight excluding hydrogens is 233 g/mol. The lowest BCUT2D eigenvalue weighted by Crippen LogP contribution is -2.20. The molecule has 0 atom stereocenters. The molecule has 0 heterocycles. The smallest absolute Gasteiger partial charge is 0.130 e. The number of benzene rings is 1. The fraction of sp³-hybridized carbons (Fsp3) is 0.500. The molecule has 1 rings (SSSR count). The molecule has 0 bridgehead atoms. The molecule has 0 aliphatic carbocycles. The van der Waals surface area contributed by atoms with Crippen LogP contribution in [0.5, 0.6) is 5.75 Å². The second kappa shape index (κ2) is 7.82. The molecule has 0 unspecified atom stereocenters. The number of halogens is 1. The van der Waals surface area contributed by atoms with Crippen LogP contribution in [0.2, 0.25) is 0 Å². The van der Waals surface area contributed by atoms with Crippen molar-refractivity contribution in [2.75, 3.05) is 19.7 Å². The summed E-state index contributed by atoms with van der Waals surface area (Å²) in [4.78, 5) is 10.9. The summed E-state index contributed by atoms with van der Waals surface area (Å²) in [6, 6.07) is 4.67. The minimum atomic E-state index is -0.282. The first-order chi connectivity index (χ1) is 8.63. The average molecular weight is 253 g/mol. The fourth-order valence-electron chi connectivity index (χ4n) is 1.56. The van der Waals surface area contributed by atoms with E-state index in [2.05, 4.69) is 5.32 Å². The molecule has 1 aromatic carbocycles. The van der Waals surface area contributed by atoms with E-state index in [4.69, 9.17) is 4.74 Å². The Hall–Kier alpha value is -1.42. The maximum absolute atomic E-state index is 13.5. The van der Waals surface area contributed by atoms with Gasteiger partial charge in [0, 0.05) is 13.0 Å². The van der Waals surface area contributed by atoms with E-state index >= 15 is 0 Å². The number of hydrogen-bond acceptors (Lipinski definition) is 3. The third kappa shape index (κ3) is 5.27. The first kappa shape index (κ1) is 14.6. The number of likely N-dealkylation sites (N-methyl/N-ethyl adjacent to an activating group) is 1. The summed E-state index contributed by atoms with van der Waals surface area (Å²) in [6.07, 6.45) is 0.781. The molecule has 0 aliphatic heterocycles. The Labute approximate surface area is 107 Å². The maximum atomic E-state index is 13.5. The van der Waals surface area contributed by atoms with Gasteiger partial charge >= 0.3 is 0 Å². The quantitative estimate of drug-likeness (QED) is 0.723. The molecular formula is C14H20FNO2. The normalized spacial score (nSPS) is 10.4. The third-order valence-electron chi connectivity index (χ3n) is 2.56. The van der Waals surface area contributed by atoms with E-state index < -0.39 is 0 Å². The SMILES string of the molecule is CCNCCOc1ccc(F)c(CCC(C)=O)c1. The number of rotatable bonds is 8. The van der Waals surface area contributed by atoms with Crippen molar-refractivity contribution in [2.24, 2.45) is 0 Å². The molecule has 3 nitrogen and oxygen atoms in total. The van der Waals surface area contributed by atoms with Crippen molar-refractivity contribution in [3.05, 3.63) is 29.6 Å². The van der Waals surface area contributed by atoms with Crippen molar-refractivity contribution < 1.29 is 13.9 Å². The highest BCUT2D eigenvalue weighted by molar-refractivity contribution is 5.75. The van der Waals surface area contributed by atoms with Gasteiger partial charge in [0.15, 0.2) is 0 Å². The molecule has 0 saturated heterocycles. The summed E-state index contributed by atoms with van der Waals surface area (Å²) >= 11 is 0. The minimum absolute atomic E-state index is 0.0628. The van der Waals surface area contributed by atoms with Gasteiger partial charge in [0.05, 0.1) is 0 Å². The van der Waals surface area contributed by atoms with E-state index in [1.54, 1.807) is 12.1 Å². The van der Waals surface area contributed by atoms with E-state index in [1.165, 1.54) is 13.0 Å². The topological polar surface area (TPSA) is 38.3 Å². The van der Waals surface area contributed by atoms with Gasteiger partial charge in [0.1, 0.15) is 24.0 Å². The van der Waals surface area contributed by atoms with Crippen LogP contribution >= 0.6 is 0 Å². The summed E-state index contributed by atoms with van der Waals surface area (Å²) in [6.45, 7) is 5.74. The van der Waals surface area contributed by atoms with Gasteiger partial charge in [-0.1, -0.05) is 6.92 Å². The average Bonchev–Trinajstić information content (AvgIpc) is 2.34. The van der Waals surface area contributed by atoms with Crippen LogP contribution < -0.4 is 10.1 Å². The Bertz CT molecular complexity index is 393. The number of carbonyl (C=O) groups is 1. The first-order valence-corrected chi connectivity index (χ1v) is 6.25. The van der Waals surface area contributed by atoms with Crippen LogP contribution in [0.1, 0.15) is 25.8 Å². The van der Waals surface area contributed by atoms with Crippen LogP contribution in [-0.4, -0.2) is 25.5 Å². The van der Waals surface area contributed by atoms with E-state index in [-0.39, 0.29) is 11.6 Å². The largest absolute Gasteiger partial charge is 0.492 e. The van der Waals surface area contributed by atoms with Crippen LogP contribution in [0.15, 0.2) is 18.2 Å². The van der Waals surface area contributed by atoms with Crippen molar-refractivity contribution in [1.82, 2.24) is 5.32 Å². The Morgan fingerprint density at radius 3 is 2.89 bits per heavy atom. The standard InChI is InChI=1S/C14H20FNO2/c1-3-16-8-9-18-13-6-7-14(15)12(10-13)5-4-11(2)17/h6-7,10,16H,3-5,8-9H2,1-2H3. The second-order valence-electron chi connectivity index (χ2n) is 4.16. The number of ether oxygens (including phenoxy) is 1. The Morgan fingerprint density at radius 1 is 1.44 bits per heavy atom. The van der Waals surface area contributed by atoms with E-state index in [9.17, 15) is 9.18 Å². The number of hydrogen-bond donors (Lipinski definition) is 1. The van der Waals surface area contributed by atoms with Gasteiger partial charge in [0.2, 0.25) is 0 Å². The van der Waals surface area contributed by atoms with E-state index in [1.807, 2.05) is 6.92 Å². The van der Waals surface area contributed by atoms with Gasteiger partial charge in [0.25, 0.3) is 0 Å². The van der Waals surface area contributed by atoms with Gasteiger partial charge < -0.3 is 14.8 Å². The summed E-state index contributed by atoms with van der Waals surface area (Å²) in [5, 5.41) is 3.14. The van der Waals surface area contributed by atoms with Gasteiger partial charge in [-0.15, -0.1) is 0 Å². The van der Waals surface area contributed by atoms with Crippen molar-refractivity contribution in [3.8, 4) is 5.75 Å². The molecule has 0 radical (unpaired) electrons. The molecule has 1 aromatic rings. The van der Waals surface area contributed by atoms with Gasteiger partial charge in [-0.2, -0.15) is 0 Å². The lowest BCUT2D eigenvalue weighted by Gasteiger charge is -2.09. The number of aryl methyl sites for hydroxylation is 1.